The molecule has 2 aromatic carbocycles. The Labute approximate surface area is 135 Å². The number of aliphatic imine (C=N–C) groups is 1. The van der Waals surface area contributed by atoms with Crippen molar-refractivity contribution in [1.82, 2.24) is 9.97 Å². The van der Waals surface area contributed by atoms with Crippen molar-refractivity contribution in [3.63, 3.8) is 0 Å². The van der Waals surface area contributed by atoms with Crippen molar-refractivity contribution in [2.24, 2.45) is 4.99 Å². The van der Waals surface area contributed by atoms with E-state index < -0.39 is 0 Å². The van der Waals surface area contributed by atoms with Gasteiger partial charge in [0, 0.05) is 36.6 Å². The molecule has 0 radical (unpaired) electrons. The second-order valence-corrected chi connectivity index (χ2v) is 5.25. The van der Waals surface area contributed by atoms with Gasteiger partial charge in [0.15, 0.2) is 0 Å². The first kappa shape index (κ1) is 15.1. The number of hydrogen-bond donors (Lipinski definition) is 2. The number of aromatic nitrogens is 2. The van der Waals surface area contributed by atoms with Gasteiger partial charge in [-0.2, -0.15) is 0 Å². The fraction of sp³-hybridized carbons (Fsp3) is 0.222. The number of aromatic hydroxyl groups is 1. The lowest BCUT2D eigenvalue weighted by Gasteiger charge is -2.21. The number of nitrogens with one attached hydrogen (secondary N) is 1. The number of phenols is 1. The third kappa shape index (κ3) is 3.18. The summed E-state index contributed by atoms with van der Waals surface area (Å²) in [5, 5.41) is 10.2. The van der Waals surface area contributed by atoms with Crippen LogP contribution < -0.4 is 4.90 Å². The minimum atomic E-state index is 0.217. The largest absolute Gasteiger partial charge is 0.507 e. The number of H-pyrrole nitrogens is 1. The standard InChI is InChI=1S/C18H20N4O/c1-3-22(4-2)14-10-9-13(17(23)11-14)12-19-18-20-15-7-5-6-8-16(15)21-18/h5-12,23H,3-4H2,1-2H3,(H,20,21). The first-order valence-corrected chi connectivity index (χ1v) is 7.78. The lowest BCUT2D eigenvalue weighted by atomic mass is 10.2. The van der Waals surface area contributed by atoms with Gasteiger partial charge in [0.25, 0.3) is 0 Å². The Morgan fingerprint density at radius 1 is 1.17 bits per heavy atom. The van der Waals surface area contributed by atoms with Gasteiger partial charge in [-0.05, 0) is 38.1 Å². The average molecular weight is 308 g/mol. The zero-order valence-electron chi connectivity index (χ0n) is 13.3. The van der Waals surface area contributed by atoms with E-state index in [4.69, 9.17) is 0 Å². The monoisotopic (exact) mass is 308 g/mol. The number of rotatable bonds is 5. The third-order valence-electron chi connectivity index (χ3n) is 3.85. The predicted octanol–water partition coefficient (Wildman–Crippen LogP) is 3.87. The highest BCUT2D eigenvalue weighted by molar-refractivity contribution is 5.86. The minimum absolute atomic E-state index is 0.217. The summed E-state index contributed by atoms with van der Waals surface area (Å²) >= 11 is 0. The van der Waals surface area contributed by atoms with Crippen LogP contribution in [0.25, 0.3) is 11.0 Å². The smallest absolute Gasteiger partial charge is 0.227 e. The van der Waals surface area contributed by atoms with Crippen LogP contribution in [0.1, 0.15) is 19.4 Å². The van der Waals surface area contributed by atoms with Gasteiger partial charge in [0.1, 0.15) is 5.75 Å². The highest BCUT2D eigenvalue weighted by atomic mass is 16.3. The number of anilines is 1. The van der Waals surface area contributed by atoms with Crippen LogP contribution in [0.3, 0.4) is 0 Å². The van der Waals surface area contributed by atoms with Crippen LogP contribution in [0.4, 0.5) is 11.6 Å². The van der Waals surface area contributed by atoms with Gasteiger partial charge in [-0.25, -0.2) is 9.98 Å². The first-order valence-electron chi connectivity index (χ1n) is 7.78. The molecule has 0 unspecified atom stereocenters. The van der Waals surface area contributed by atoms with Crippen molar-refractivity contribution < 1.29 is 5.11 Å². The Bertz CT molecular complexity index is 801. The SMILES string of the molecule is CCN(CC)c1ccc(C=Nc2nc3ccccc3[nH]2)c(O)c1. The molecule has 5 nitrogen and oxygen atoms in total. The maximum atomic E-state index is 10.2. The van der Waals surface area contributed by atoms with Gasteiger partial charge < -0.3 is 15.0 Å². The number of imidazole rings is 1. The molecule has 3 rings (SSSR count). The van der Waals surface area contributed by atoms with Crippen LogP contribution in [0.15, 0.2) is 47.5 Å². The summed E-state index contributed by atoms with van der Waals surface area (Å²) in [7, 11) is 0. The van der Waals surface area contributed by atoms with Crippen molar-refractivity contribution in [1.29, 1.82) is 0 Å². The Kier molecular flexibility index (Phi) is 4.28. The molecule has 0 aliphatic carbocycles. The number of fused-ring (bicyclic) bond motifs is 1. The summed E-state index contributed by atoms with van der Waals surface area (Å²) in [5.74, 6) is 0.743. The van der Waals surface area contributed by atoms with E-state index in [0.29, 0.717) is 11.5 Å². The van der Waals surface area contributed by atoms with E-state index in [1.54, 1.807) is 12.3 Å². The van der Waals surface area contributed by atoms with Crippen LogP contribution in [-0.2, 0) is 0 Å². The third-order valence-corrected chi connectivity index (χ3v) is 3.85. The van der Waals surface area contributed by atoms with Crippen molar-refractivity contribution in [2.75, 3.05) is 18.0 Å². The molecule has 23 heavy (non-hydrogen) atoms. The lowest BCUT2D eigenvalue weighted by molar-refractivity contribution is 0.474. The van der Waals surface area contributed by atoms with Crippen molar-refractivity contribution >= 4 is 28.9 Å². The number of benzene rings is 2. The number of hydrogen-bond acceptors (Lipinski definition) is 4. The Morgan fingerprint density at radius 3 is 2.65 bits per heavy atom. The molecular weight excluding hydrogens is 288 g/mol. The highest BCUT2D eigenvalue weighted by Gasteiger charge is 2.06. The molecule has 0 spiro atoms. The number of phenolic OH excluding ortho intramolecular Hbond substituents is 1. The normalized spacial score (nSPS) is 11.4. The molecule has 0 bridgehead atoms. The van der Waals surface area contributed by atoms with Crippen molar-refractivity contribution in [3.8, 4) is 5.75 Å². The Hall–Kier alpha value is -2.82. The highest BCUT2D eigenvalue weighted by Crippen LogP contribution is 2.24. The summed E-state index contributed by atoms with van der Waals surface area (Å²) in [6, 6.07) is 13.4. The van der Waals surface area contributed by atoms with E-state index in [2.05, 4.69) is 33.7 Å². The fourth-order valence-electron chi connectivity index (χ4n) is 2.56. The van der Waals surface area contributed by atoms with Gasteiger partial charge in [0.05, 0.1) is 11.0 Å². The van der Waals surface area contributed by atoms with E-state index in [1.165, 1.54) is 0 Å². The molecular formula is C18H20N4O. The summed E-state index contributed by atoms with van der Waals surface area (Å²) < 4.78 is 0. The van der Waals surface area contributed by atoms with Crippen molar-refractivity contribution in [3.05, 3.63) is 48.0 Å². The second kappa shape index (κ2) is 6.52. The summed E-state index contributed by atoms with van der Waals surface area (Å²) in [4.78, 5) is 14.0. The van der Waals surface area contributed by atoms with Crippen LogP contribution in [0.2, 0.25) is 0 Å². The van der Waals surface area contributed by atoms with Gasteiger partial charge in [-0.3, -0.25) is 0 Å². The minimum Gasteiger partial charge on any atom is -0.507 e. The Balaban J connectivity index is 1.84. The van der Waals surface area contributed by atoms with Gasteiger partial charge >= 0.3 is 0 Å². The molecule has 2 N–H and O–H groups in total. The molecule has 0 saturated heterocycles. The summed E-state index contributed by atoms with van der Waals surface area (Å²) in [5.41, 5.74) is 3.50. The van der Waals surface area contributed by atoms with Gasteiger partial charge in [-0.1, -0.05) is 12.1 Å². The number of aromatic amines is 1. The van der Waals surface area contributed by atoms with E-state index in [1.807, 2.05) is 36.4 Å². The lowest BCUT2D eigenvalue weighted by Crippen LogP contribution is -2.21. The van der Waals surface area contributed by atoms with Gasteiger partial charge in [-0.15, -0.1) is 0 Å². The van der Waals surface area contributed by atoms with E-state index >= 15 is 0 Å². The zero-order chi connectivity index (χ0) is 16.2. The topological polar surface area (TPSA) is 64.5 Å². The van der Waals surface area contributed by atoms with E-state index in [9.17, 15) is 5.11 Å². The molecule has 0 atom stereocenters. The molecule has 118 valence electrons. The number of para-hydroxylation sites is 2. The van der Waals surface area contributed by atoms with E-state index in [-0.39, 0.29) is 5.75 Å². The van der Waals surface area contributed by atoms with Crippen molar-refractivity contribution in [2.45, 2.75) is 13.8 Å². The predicted molar refractivity (Wildman–Crippen MR) is 95.0 cm³/mol. The van der Waals surface area contributed by atoms with Crippen LogP contribution >= 0.6 is 0 Å². The second-order valence-electron chi connectivity index (χ2n) is 5.25. The summed E-state index contributed by atoms with van der Waals surface area (Å²) in [6.07, 6.45) is 1.62. The molecule has 0 amide bonds. The van der Waals surface area contributed by atoms with Crippen LogP contribution in [0, 0.1) is 0 Å². The maximum Gasteiger partial charge on any atom is 0.227 e. The van der Waals surface area contributed by atoms with Gasteiger partial charge in [0.2, 0.25) is 5.95 Å². The molecule has 5 heteroatoms. The molecule has 3 aromatic rings. The maximum absolute atomic E-state index is 10.2. The fourth-order valence-corrected chi connectivity index (χ4v) is 2.56. The average Bonchev–Trinajstić information content (AvgIpc) is 2.98. The van der Waals surface area contributed by atoms with Crippen LogP contribution in [0.5, 0.6) is 5.75 Å². The molecule has 1 aromatic heterocycles. The quantitative estimate of drug-likeness (QED) is 0.703. The Morgan fingerprint density at radius 2 is 1.96 bits per heavy atom. The van der Waals surface area contributed by atoms with Crippen LogP contribution in [-0.4, -0.2) is 34.4 Å². The first-order chi connectivity index (χ1) is 11.2. The molecule has 1 heterocycles. The molecule has 0 aliphatic rings. The molecule has 0 saturated carbocycles. The molecule has 0 aliphatic heterocycles. The summed E-state index contributed by atoms with van der Waals surface area (Å²) in [6.45, 7) is 6.00. The van der Waals surface area contributed by atoms with E-state index in [0.717, 1.165) is 29.8 Å². The molecule has 0 fully saturated rings. The zero-order valence-corrected chi connectivity index (χ0v) is 13.3. The number of nitrogens with zero attached hydrogens (tertiary/aromatic N) is 3.